The second kappa shape index (κ2) is 6.38. The second-order valence-electron chi connectivity index (χ2n) is 4.89. The SMILES string of the molecule is c1cnc(N2CCC(NCc3ccncn3)CC2)nc1. The Morgan fingerprint density at radius 3 is 2.60 bits per heavy atom. The van der Waals surface area contributed by atoms with E-state index in [0.717, 1.165) is 44.1 Å². The Bertz CT molecular complexity index is 510. The van der Waals surface area contributed by atoms with Crippen LogP contribution in [0.4, 0.5) is 5.95 Å². The van der Waals surface area contributed by atoms with Crippen LogP contribution in [0.25, 0.3) is 0 Å². The Balaban J connectivity index is 1.47. The number of aromatic nitrogens is 4. The van der Waals surface area contributed by atoms with Crippen LogP contribution in [-0.2, 0) is 6.54 Å². The van der Waals surface area contributed by atoms with Gasteiger partial charge in [-0.15, -0.1) is 0 Å². The van der Waals surface area contributed by atoms with Crippen molar-refractivity contribution in [1.82, 2.24) is 25.3 Å². The fraction of sp³-hybridized carbons (Fsp3) is 0.429. The quantitative estimate of drug-likeness (QED) is 0.895. The van der Waals surface area contributed by atoms with Gasteiger partial charge in [-0.2, -0.15) is 0 Å². The topological polar surface area (TPSA) is 66.8 Å². The van der Waals surface area contributed by atoms with E-state index in [2.05, 4.69) is 30.2 Å². The normalized spacial score (nSPS) is 16.3. The molecule has 0 unspecified atom stereocenters. The highest BCUT2D eigenvalue weighted by atomic mass is 15.3. The molecule has 1 N–H and O–H groups in total. The van der Waals surface area contributed by atoms with Crippen LogP contribution in [0.1, 0.15) is 18.5 Å². The third-order valence-corrected chi connectivity index (χ3v) is 3.55. The Hall–Kier alpha value is -2.08. The van der Waals surface area contributed by atoms with Crippen molar-refractivity contribution in [3.05, 3.63) is 42.7 Å². The van der Waals surface area contributed by atoms with E-state index in [1.165, 1.54) is 0 Å². The molecule has 0 amide bonds. The van der Waals surface area contributed by atoms with Crippen LogP contribution in [0.3, 0.4) is 0 Å². The van der Waals surface area contributed by atoms with Crippen LogP contribution in [0.2, 0.25) is 0 Å². The first-order valence-electron chi connectivity index (χ1n) is 6.92. The van der Waals surface area contributed by atoms with Gasteiger partial charge in [0.15, 0.2) is 0 Å². The minimum absolute atomic E-state index is 0.532. The van der Waals surface area contributed by atoms with Gasteiger partial charge >= 0.3 is 0 Å². The van der Waals surface area contributed by atoms with E-state index >= 15 is 0 Å². The molecule has 1 aliphatic rings. The van der Waals surface area contributed by atoms with Crippen molar-refractivity contribution in [2.24, 2.45) is 0 Å². The molecule has 2 aromatic rings. The molecule has 0 saturated carbocycles. The number of hydrogen-bond acceptors (Lipinski definition) is 6. The molecule has 6 heteroatoms. The van der Waals surface area contributed by atoms with Crippen molar-refractivity contribution < 1.29 is 0 Å². The first-order valence-corrected chi connectivity index (χ1v) is 6.92. The van der Waals surface area contributed by atoms with Gasteiger partial charge in [0.05, 0.1) is 5.69 Å². The van der Waals surface area contributed by atoms with Gasteiger partial charge in [-0.1, -0.05) is 0 Å². The Morgan fingerprint density at radius 1 is 1.10 bits per heavy atom. The van der Waals surface area contributed by atoms with E-state index in [-0.39, 0.29) is 0 Å². The first kappa shape index (κ1) is 12.9. The predicted molar refractivity (Wildman–Crippen MR) is 76.1 cm³/mol. The Labute approximate surface area is 118 Å². The zero-order valence-corrected chi connectivity index (χ0v) is 11.3. The largest absolute Gasteiger partial charge is 0.341 e. The zero-order valence-electron chi connectivity index (χ0n) is 11.3. The van der Waals surface area contributed by atoms with Crippen LogP contribution < -0.4 is 10.2 Å². The summed E-state index contributed by atoms with van der Waals surface area (Å²) in [5, 5.41) is 3.55. The van der Waals surface area contributed by atoms with Gasteiger partial charge in [-0.05, 0) is 25.0 Å². The highest BCUT2D eigenvalue weighted by Crippen LogP contribution is 2.15. The highest BCUT2D eigenvalue weighted by molar-refractivity contribution is 5.29. The lowest BCUT2D eigenvalue weighted by molar-refractivity contribution is 0.409. The molecule has 0 aliphatic carbocycles. The maximum atomic E-state index is 4.30. The molecule has 1 aliphatic heterocycles. The molecule has 0 aromatic carbocycles. The summed E-state index contributed by atoms with van der Waals surface area (Å²) < 4.78 is 0. The van der Waals surface area contributed by atoms with Crippen molar-refractivity contribution in [3.63, 3.8) is 0 Å². The lowest BCUT2D eigenvalue weighted by atomic mass is 10.1. The van der Waals surface area contributed by atoms with E-state index in [1.807, 2.05) is 12.1 Å². The molecular formula is C14H18N6. The summed E-state index contributed by atoms with van der Waals surface area (Å²) in [4.78, 5) is 19.0. The van der Waals surface area contributed by atoms with Crippen molar-refractivity contribution >= 4 is 5.95 Å². The third-order valence-electron chi connectivity index (χ3n) is 3.55. The number of rotatable bonds is 4. The minimum Gasteiger partial charge on any atom is -0.341 e. The number of nitrogens with zero attached hydrogens (tertiary/aromatic N) is 5. The number of hydrogen-bond donors (Lipinski definition) is 1. The van der Waals surface area contributed by atoms with Crippen molar-refractivity contribution in [2.45, 2.75) is 25.4 Å². The molecule has 3 rings (SSSR count). The first-order chi connectivity index (χ1) is 9.92. The molecule has 3 heterocycles. The molecule has 0 radical (unpaired) electrons. The predicted octanol–water partition coefficient (Wildman–Crippen LogP) is 1.03. The monoisotopic (exact) mass is 270 g/mol. The van der Waals surface area contributed by atoms with Crippen LogP contribution >= 0.6 is 0 Å². The molecular weight excluding hydrogens is 252 g/mol. The summed E-state index contributed by atoms with van der Waals surface area (Å²) in [7, 11) is 0. The number of anilines is 1. The smallest absolute Gasteiger partial charge is 0.225 e. The summed E-state index contributed by atoms with van der Waals surface area (Å²) in [6.45, 7) is 2.78. The maximum Gasteiger partial charge on any atom is 0.225 e. The Kier molecular flexibility index (Phi) is 4.13. The van der Waals surface area contributed by atoms with Gasteiger partial charge in [0.2, 0.25) is 5.95 Å². The fourth-order valence-electron chi connectivity index (χ4n) is 2.41. The van der Waals surface area contributed by atoms with Gasteiger partial charge in [-0.25, -0.2) is 19.9 Å². The summed E-state index contributed by atoms with van der Waals surface area (Å²) >= 11 is 0. The average Bonchev–Trinajstić information content (AvgIpc) is 2.55. The summed E-state index contributed by atoms with van der Waals surface area (Å²) in [6, 6.07) is 4.32. The van der Waals surface area contributed by atoms with Crippen molar-refractivity contribution in [1.29, 1.82) is 0 Å². The zero-order chi connectivity index (χ0) is 13.6. The van der Waals surface area contributed by atoms with Gasteiger partial charge < -0.3 is 10.2 Å². The second-order valence-corrected chi connectivity index (χ2v) is 4.89. The molecule has 0 bridgehead atoms. The van der Waals surface area contributed by atoms with Crippen LogP contribution in [0.5, 0.6) is 0 Å². The number of piperidine rings is 1. The average molecular weight is 270 g/mol. The van der Waals surface area contributed by atoms with Gasteiger partial charge in [0.25, 0.3) is 0 Å². The van der Waals surface area contributed by atoms with E-state index in [0.29, 0.717) is 6.04 Å². The van der Waals surface area contributed by atoms with Gasteiger partial charge in [0, 0.05) is 44.3 Å². The van der Waals surface area contributed by atoms with Crippen LogP contribution in [-0.4, -0.2) is 39.1 Å². The lowest BCUT2D eigenvalue weighted by Gasteiger charge is -2.32. The molecule has 1 saturated heterocycles. The highest BCUT2D eigenvalue weighted by Gasteiger charge is 2.20. The molecule has 1 fully saturated rings. The van der Waals surface area contributed by atoms with Crippen LogP contribution in [0.15, 0.2) is 37.1 Å². The van der Waals surface area contributed by atoms with E-state index in [1.54, 1.807) is 24.9 Å². The van der Waals surface area contributed by atoms with Crippen molar-refractivity contribution in [3.8, 4) is 0 Å². The molecule has 104 valence electrons. The lowest BCUT2D eigenvalue weighted by Crippen LogP contribution is -2.42. The third kappa shape index (κ3) is 3.27. The fourth-order valence-corrected chi connectivity index (χ4v) is 2.41. The van der Waals surface area contributed by atoms with E-state index in [9.17, 15) is 0 Å². The van der Waals surface area contributed by atoms with Gasteiger partial charge in [-0.3, -0.25) is 0 Å². The van der Waals surface area contributed by atoms with E-state index in [4.69, 9.17) is 0 Å². The standard InChI is InChI=1S/C14H18N6/c1-5-16-14(17-6-1)20-8-3-12(4-9-20)18-10-13-2-7-15-11-19-13/h1-2,5-7,11-12,18H,3-4,8-10H2. The molecule has 0 spiro atoms. The minimum atomic E-state index is 0.532. The summed E-state index contributed by atoms with van der Waals surface area (Å²) in [5.74, 6) is 0.835. The van der Waals surface area contributed by atoms with Crippen molar-refractivity contribution in [2.75, 3.05) is 18.0 Å². The van der Waals surface area contributed by atoms with Crippen LogP contribution in [0, 0.1) is 0 Å². The maximum absolute atomic E-state index is 4.30. The molecule has 20 heavy (non-hydrogen) atoms. The molecule has 0 atom stereocenters. The molecule has 2 aromatic heterocycles. The molecule has 6 nitrogen and oxygen atoms in total. The number of nitrogens with one attached hydrogen (secondary N) is 1. The van der Waals surface area contributed by atoms with Gasteiger partial charge in [0.1, 0.15) is 6.33 Å². The van der Waals surface area contributed by atoms with E-state index < -0.39 is 0 Å². The Morgan fingerprint density at radius 2 is 1.90 bits per heavy atom. The summed E-state index contributed by atoms with van der Waals surface area (Å²) in [5.41, 5.74) is 1.04. The summed E-state index contributed by atoms with van der Waals surface area (Å²) in [6.07, 6.45) is 9.15.